The summed E-state index contributed by atoms with van der Waals surface area (Å²) >= 11 is 12.3. The van der Waals surface area contributed by atoms with Crippen LogP contribution in [0.5, 0.6) is 0 Å². The minimum Gasteiger partial charge on any atom is -0.346 e. The normalized spacial score (nSPS) is 10.6. The third-order valence-electron chi connectivity index (χ3n) is 3.52. The molecule has 0 bridgehead atoms. The minimum atomic E-state index is -0.299. The van der Waals surface area contributed by atoms with Crippen LogP contribution in [0.15, 0.2) is 46.3 Å². The van der Waals surface area contributed by atoms with Crippen molar-refractivity contribution in [3.05, 3.63) is 72.2 Å². The molecule has 0 atom stereocenters. The largest absolute Gasteiger partial charge is 0.346 e. The molecule has 3 rings (SSSR count). The third kappa shape index (κ3) is 4.54. The third-order valence-corrected chi connectivity index (χ3v) is 6.70. The first kappa shape index (κ1) is 19.1. The van der Waals surface area contributed by atoms with E-state index in [9.17, 15) is 9.59 Å². The maximum absolute atomic E-state index is 12.4. The standard InChI is InChI=1S/C18H14BrClN2O2S2/c1-10-6-15(22-17(23)13-4-2-3-5-14(13)20)26-16(10)18(24)21-8-12-7-11(19)9-25-12/h2-7,9H,8H2,1H3,(H,21,24)(H,22,23). The van der Waals surface area contributed by atoms with Crippen molar-refractivity contribution in [1.82, 2.24) is 5.32 Å². The highest BCUT2D eigenvalue weighted by Gasteiger charge is 2.16. The van der Waals surface area contributed by atoms with Crippen molar-refractivity contribution in [2.24, 2.45) is 0 Å². The van der Waals surface area contributed by atoms with E-state index in [0.717, 1.165) is 14.9 Å². The summed E-state index contributed by atoms with van der Waals surface area (Å²) in [6.45, 7) is 2.31. The van der Waals surface area contributed by atoms with Crippen LogP contribution in [0.4, 0.5) is 5.00 Å². The molecule has 0 spiro atoms. The molecule has 0 aliphatic heterocycles. The summed E-state index contributed by atoms with van der Waals surface area (Å²) in [5.74, 6) is -0.456. The van der Waals surface area contributed by atoms with Crippen molar-refractivity contribution < 1.29 is 9.59 Å². The lowest BCUT2D eigenvalue weighted by molar-refractivity contribution is 0.0954. The molecule has 1 aromatic carbocycles. The Morgan fingerprint density at radius 2 is 1.96 bits per heavy atom. The van der Waals surface area contributed by atoms with Crippen LogP contribution in [0.2, 0.25) is 5.02 Å². The molecule has 0 unspecified atom stereocenters. The highest BCUT2D eigenvalue weighted by atomic mass is 79.9. The van der Waals surface area contributed by atoms with Gasteiger partial charge in [0.15, 0.2) is 0 Å². The molecule has 8 heteroatoms. The fourth-order valence-electron chi connectivity index (χ4n) is 2.29. The first-order valence-corrected chi connectivity index (χ1v) is 10.5. The molecule has 2 aromatic heterocycles. The predicted molar refractivity (Wildman–Crippen MR) is 112 cm³/mol. The Morgan fingerprint density at radius 1 is 1.19 bits per heavy atom. The molecule has 0 aliphatic carbocycles. The van der Waals surface area contributed by atoms with Crippen LogP contribution in [-0.4, -0.2) is 11.8 Å². The van der Waals surface area contributed by atoms with Crippen LogP contribution in [-0.2, 0) is 6.54 Å². The first-order valence-electron chi connectivity index (χ1n) is 7.61. The summed E-state index contributed by atoms with van der Waals surface area (Å²) in [5, 5.41) is 8.67. The lowest BCUT2D eigenvalue weighted by atomic mass is 10.2. The molecule has 0 radical (unpaired) electrons. The van der Waals surface area contributed by atoms with E-state index in [1.807, 2.05) is 18.4 Å². The highest BCUT2D eigenvalue weighted by Crippen LogP contribution is 2.28. The molecule has 0 aliphatic rings. The van der Waals surface area contributed by atoms with Crippen molar-refractivity contribution in [3.63, 3.8) is 0 Å². The minimum absolute atomic E-state index is 0.157. The molecule has 26 heavy (non-hydrogen) atoms. The maximum atomic E-state index is 12.4. The van der Waals surface area contributed by atoms with Crippen molar-refractivity contribution in [1.29, 1.82) is 0 Å². The van der Waals surface area contributed by atoms with E-state index in [4.69, 9.17) is 11.6 Å². The van der Waals surface area contributed by atoms with Crippen molar-refractivity contribution in [2.75, 3.05) is 5.32 Å². The van der Waals surface area contributed by atoms with E-state index >= 15 is 0 Å². The summed E-state index contributed by atoms with van der Waals surface area (Å²) < 4.78 is 1.00. The van der Waals surface area contributed by atoms with Crippen LogP contribution in [0.1, 0.15) is 30.5 Å². The number of hydrogen-bond donors (Lipinski definition) is 2. The Balaban J connectivity index is 1.67. The van der Waals surface area contributed by atoms with Gasteiger partial charge in [-0.3, -0.25) is 9.59 Å². The van der Waals surface area contributed by atoms with Crippen LogP contribution in [0.3, 0.4) is 0 Å². The van der Waals surface area contributed by atoms with E-state index in [2.05, 4.69) is 26.6 Å². The number of carbonyl (C=O) groups excluding carboxylic acids is 2. The average molecular weight is 470 g/mol. The van der Waals surface area contributed by atoms with Crippen LogP contribution in [0, 0.1) is 6.92 Å². The summed E-state index contributed by atoms with van der Waals surface area (Å²) in [4.78, 5) is 26.4. The quantitative estimate of drug-likeness (QED) is 0.502. The Kier molecular flexibility index (Phi) is 6.13. The fraction of sp³-hybridized carbons (Fsp3) is 0.111. The highest BCUT2D eigenvalue weighted by molar-refractivity contribution is 9.10. The van der Waals surface area contributed by atoms with Crippen LogP contribution in [0.25, 0.3) is 0 Å². The second-order valence-electron chi connectivity index (χ2n) is 5.47. The van der Waals surface area contributed by atoms with E-state index in [1.165, 1.54) is 11.3 Å². The summed E-state index contributed by atoms with van der Waals surface area (Å²) in [7, 11) is 0. The SMILES string of the molecule is Cc1cc(NC(=O)c2ccccc2Cl)sc1C(=O)NCc1cc(Br)cs1. The van der Waals surface area contributed by atoms with Gasteiger partial charge in [-0.05, 0) is 52.7 Å². The molecular formula is C18H14BrClN2O2S2. The van der Waals surface area contributed by atoms with Gasteiger partial charge >= 0.3 is 0 Å². The van der Waals surface area contributed by atoms with E-state index in [0.29, 0.717) is 27.0 Å². The van der Waals surface area contributed by atoms with E-state index in [-0.39, 0.29) is 11.8 Å². The average Bonchev–Trinajstić information content (AvgIpc) is 3.18. The molecular weight excluding hydrogens is 456 g/mol. The zero-order valence-electron chi connectivity index (χ0n) is 13.6. The zero-order valence-corrected chi connectivity index (χ0v) is 17.6. The predicted octanol–water partition coefficient (Wildman–Crippen LogP) is 5.72. The second-order valence-corrected chi connectivity index (χ2v) is 8.84. The Labute approximate surface area is 172 Å². The molecule has 0 saturated heterocycles. The number of anilines is 1. The number of rotatable bonds is 5. The molecule has 0 saturated carbocycles. The molecule has 3 aromatic rings. The van der Waals surface area contributed by atoms with Gasteiger partial charge in [0.05, 0.1) is 27.0 Å². The molecule has 4 nitrogen and oxygen atoms in total. The number of nitrogens with one attached hydrogen (secondary N) is 2. The zero-order chi connectivity index (χ0) is 18.7. The topological polar surface area (TPSA) is 58.2 Å². The first-order chi connectivity index (χ1) is 12.4. The van der Waals surface area contributed by atoms with Gasteiger partial charge in [0.2, 0.25) is 0 Å². The van der Waals surface area contributed by atoms with Crippen LogP contribution >= 0.6 is 50.2 Å². The van der Waals surface area contributed by atoms with Crippen molar-refractivity contribution in [3.8, 4) is 0 Å². The molecule has 2 heterocycles. The Bertz CT molecular complexity index is 968. The summed E-state index contributed by atoms with van der Waals surface area (Å²) in [5.41, 5.74) is 1.21. The Morgan fingerprint density at radius 3 is 2.65 bits per heavy atom. The lowest BCUT2D eigenvalue weighted by Gasteiger charge is -2.04. The molecule has 2 amide bonds. The summed E-state index contributed by atoms with van der Waals surface area (Å²) in [6.07, 6.45) is 0. The number of carbonyl (C=O) groups is 2. The van der Waals surface area contributed by atoms with Crippen molar-refractivity contribution >= 4 is 67.0 Å². The lowest BCUT2D eigenvalue weighted by Crippen LogP contribution is -2.21. The van der Waals surface area contributed by atoms with Gasteiger partial charge in [-0.2, -0.15) is 0 Å². The van der Waals surface area contributed by atoms with E-state index in [1.54, 1.807) is 41.7 Å². The van der Waals surface area contributed by atoms with Gasteiger partial charge in [-0.15, -0.1) is 22.7 Å². The smallest absolute Gasteiger partial charge is 0.261 e. The van der Waals surface area contributed by atoms with Gasteiger partial charge in [0.1, 0.15) is 0 Å². The fourth-order valence-corrected chi connectivity index (χ4v) is 4.88. The second kappa shape index (κ2) is 8.35. The summed E-state index contributed by atoms with van der Waals surface area (Å²) in [6, 6.07) is 10.6. The number of aryl methyl sites for hydroxylation is 1. The molecule has 2 N–H and O–H groups in total. The van der Waals surface area contributed by atoms with E-state index < -0.39 is 0 Å². The molecule has 134 valence electrons. The van der Waals surface area contributed by atoms with Gasteiger partial charge in [0.25, 0.3) is 11.8 Å². The number of halogens is 2. The molecule has 0 fully saturated rings. The van der Waals surface area contributed by atoms with Crippen molar-refractivity contribution in [2.45, 2.75) is 13.5 Å². The van der Waals surface area contributed by atoms with Gasteiger partial charge in [-0.25, -0.2) is 0 Å². The van der Waals surface area contributed by atoms with Gasteiger partial charge in [-0.1, -0.05) is 23.7 Å². The van der Waals surface area contributed by atoms with Gasteiger partial charge in [0, 0.05) is 14.7 Å². The van der Waals surface area contributed by atoms with Gasteiger partial charge < -0.3 is 10.6 Å². The number of benzene rings is 1. The Hall–Kier alpha value is -1.67. The monoisotopic (exact) mass is 468 g/mol. The van der Waals surface area contributed by atoms with Crippen LogP contribution < -0.4 is 10.6 Å². The number of amides is 2. The number of hydrogen-bond acceptors (Lipinski definition) is 4. The maximum Gasteiger partial charge on any atom is 0.261 e. The number of thiophene rings is 2.